The van der Waals surface area contributed by atoms with E-state index in [0.717, 1.165) is 6.07 Å². The number of phenolic OH excluding ortho intramolecular Hbond substituents is 4. The zero-order valence-electron chi connectivity index (χ0n) is 11.5. The number of hydrogen-bond donors (Lipinski definition) is 5. The van der Waals surface area contributed by atoms with Gasteiger partial charge in [0.1, 0.15) is 16.9 Å². The van der Waals surface area contributed by atoms with E-state index in [-0.39, 0.29) is 45.5 Å². The van der Waals surface area contributed by atoms with Gasteiger partial charge in [0, 0.05) is 18.2 Å². The summed E-state index contributed by atoms with van der Waals surface area (Å²) >= 11 is 0. The summed E-state index contributed by atoms with van der Waals surface area (Å²) in [5.41, 5.74) is 0.911. The third-order valence-corrected chi connectivity index (χ3v) is 3.37. The summed E-state index contributed by atoms with van der Waals surface area (Å²) in [4.78, 5) is 0. The maximum absolute atomic E-state index is 10.1. The second-order valence-corrected chi connectivity index (χ2v) is 5.00. The Labute approximate surface area is 124 Å². The molecule has 0 aliphatic rings. The van der Waals surface area contributed by atoms with Crippen LogP contribution in [0.5, 0.6) is 28.7 Å². The number of rotatable bonds is 1. The molecular formula is C16H13O6+. The van der Waals surface area contributed by atoms with Crippen LogP contribution in [0.2, 0.25) is 0 Å². The number of fused-ring (bicyclic) bond motifs is 1. The first-order valence-corrected chi connectivity index (χ1v) is 6.41. The summed E-state index contributed by atoms with van der Waals surface area (Å²) in [7, 11) is 0. The second kappa shape index (κ2) is 4.70. The van der Waals surface area contributed by atoms with Gasteiger partial charge in [-0.15, -0.1) is 0 Å². The molecule has 0 bridgehead atoms. The highest BCUT2D eigenvalue weighted by molar-refractivity contribution is 5.88. The van der Waals surface area contributed by atoms with Crippen LogP contribution in [-0.2, 0) is 0 Å². The molecule has 0 atom stereocenters. The van der Waals surface area contributed by atoms with Gasteiger partial charge >= 0.3 is 11.3 Å². The third kappa shape index (κ3) is 2.10. The first-order chi connectivity index (χ1) is 10.4. The van der Waals surface area contributed by atoms with Gasteiger partial charge in [-0.1, -0.05) is 0 Å². The number of aryl methyl sites for hydroxylation is 1. The smallest absolute Gasteiger partial charge is 0.402 e. The predicted molar refractivity (Wildman–Crippen MR) is 79.1 cm³/mol. The molecule has 0 radical (unpaired) electrons. The average Bonchev–Trinajstić information content (AvgIpc) is 2.44. The molecule has 112 valence electrons. The van der Waals surface area contributed by atoms with Crippen LogP contribution in [-0.4, -0.2) is 25.5 Å². The fourth-order valence-corrected chi connectivity index (χ4v) is 2.29. The molecule has 0 aliphatic heterocycles. The fourth-order valence-electron chi connectivity index (χ4n) is 2.29. The Hall–Kier alpha value is -3.15. The number of aromatic hydroxyl groups is 5. The highest BCUT2D eigenvalue weighted by Gasteiger charge is 2.25. The van der Waals surface area contributed by atoms with Gasteiger partial charge in [0.2, 0.25) is 5.75 Å². The minimum atomic E-state index is -0.344. The van der Waals surface area contributed by atoms with Crippen molar-refractivity contribution in [2.75, 3.05) is 0 Å². The molecule has 0 unspecified atom stereocenters. The molecule has 3 rings (SSSR count). The van der Waals surface area contributed by atoms with Gasteiger partial charge in [0.05, 0.1) is 11.6 Å². The van der Waals surface area contributed by atoms with E-state index in [2.05, 4.69) is 0 Å². The van der Waals surface area contributed by atoms with Crippen molar-refractivity contribution in [3.05, 3.63) is 35.9 Å². The van der Waals surface area contributed by atoms with Crippen LogP contribution in [0.4, 0.5) is 0 Å². The maximum atomic E-state index is 10.1. The van der Waals surface area contributed by atoms with Crippen LogP contribution in [0.15, 0.2) is 34.7 Å². The van der Waals surface area contributed by atoms with E-state index in [9.17, 15) is 25.5 Å². The monoisotopic (exact) mass is 301 g/mol. The van der Waals surface area contributed by atoms with Gasteiger partial charge < -0.3 is 25.5 Å². The zero-order valence-corrected chi connectivity index (χ0v) is 11.5. The minimum absolute atomic E-state index is 0.0379. The van der Waals surface area contributed by atoms with Crippen LogP contribution in [0.1, 0.15) is 5.56 Å². The molecule has 6 nitrogen and oxygen atoms in total. The van der Waals surface area contributed by atoms with Crippen LogP contribution in [0.25, 0.3) is 22.3 Å². The average molecular weight is 301 g/mol. The van der Waals surface area contributed by atoms with Crippen LogP contribution in [0.3, 0.4) is 0 Å². The van der Waals surface area contributed by atoms with Gasteiger partial charge in [-0.25, -0.2) is 4.42 Å². The van der Waals surface area contributed by atoms with Crippen molar-refractivity contribution < 1.29 is 29.9 Å². The highest BCUT2D eigenvalue weighted by atomic mass is 16.4. The molecule has 6 heteroatoms. The molecule has 0 aliphatic carbocycles. The van der Waals surface area contributed by atoms with Gasteiger partial charge in [-0.05, 0) is 18.6 Å². The number of phenols is 4. The van der Waals surface area contributed by atoms with Crippen molar-refractivity contribution in [1.82, 2.24) is 0 Å². The highest BCUT2D eigenvalue weighted by Crippen LogP contribution is 2.41. The van der Waals surface area contributed by atoms with Gasteiger partial charge in [0.25, 0.3) is 0 Å². The molecule has 22 heavy (non-hydrogen) atoms. The predicted octanol–water partition coefficient (Wildman–Crippen LogP) is 3.22. The van der Waals surface area contributed by atoms with Crippen LogP contribution in [0, 0.1) is 6.92 Å². The standard InChI is InChI=1S/C16H12O6/c1-7-2-8(3-12(19)15(7)21)16-13(20)6-10-11(18)4-9(17)5-14(10)22-16/h2-6H,1H3,(H4-,17,18,19,20,21)/p+1. The molecule has 1 heterocycles. The van der Waals surface area contributed by atoms with E-state index < -0.39 is 0 Å². The summed E-state index contributed by atoms with van der Waals surface area (Å²) in [5, 5.41) is 48.9. The third-order valence-electron chi connectivity index (χ3n) is 3.37. The van der Waals surface area contributed by atoms with Crippen LogP contribution >= 0.6 is 0 Å². The molecule has 0 saturated carbocycles. The van der Waals surface area contributed by atoms with E-state index >= 15 is 0 Å². The van der Waals surface area contributed by atoms with E-state index in [0.29, 0.717) is 11.1 Å². The Morgan fingerprint density at radius 2 is 1.50 bits per heavy atom. The normalized spacial score (nSPS) is 11.0. The maximum Gasteiger partial charge on any atom is 0.402 e. The molecule has 0 spiro atoms. The lowest BCUT2D eigenvalue weighted by atomic mass is 10.1. The first-order valence-electron chi connectivity index (χ1n) is 6.41. The molecule has 5 N–H and O–H groups in total. The first kappa shape index (κ1) is 13.8. The Morgan fingerprint density at radius 3 is 2.18 bits per heavy atom. The molecule has 0 saturated heterocycles. The lowest BCUT2D eigenvalue weighted by molar-refractivity contribution is 0.401. The van der Waals surface area contributed by atoms with Crippen molar-refractivity contribution in [2.45, 2.75) is 6.92 Å². The summed E-state index contributed by atoms with van der Waals surface area (Å²) in [5.74, 6) is -1.22. The lowest BCUT2D eigenvalue weighted by Crippen LogP contribution is -1.85. The van der Waals surface area contributed by atoms with E-state index in [1.54, 1.807) is 6.92 Å². The topological polar surface area (TPSA) is 112 Å². The lowest BCUT2D eigenvalue weighted by Gasteiger charge is -2.04. The molecule has 0 amide bonds. The van der Waals surface area contributed by atoms with E-state index in [1.165, 1.54) is 24.3 Å². The Balaban J connectivity index is 2.29. The fraction of sp³-hybridized carbons (Fsp3) is 0.0625. The van der Waals surface area contributed by atoms with E-state index in [1.807, 2.05) is 0 Å². The largest absolute Gasteiger partial charge is 0.507 e. The van der Waals surface area contributed by atoms with Gasteiger partial charge in [0.15, 0.2) is 11.5 Å². The van der Waals surface area contributed by atoms with Crippen molar-refractivity contribution in [3.8, 4) is 40.1 Å². The quantitative estimate of drug-likeness (QED) is 0.348. The number of hydrogen-bond acceptors (Lipinski definition) is 5. The Kier molecular flexibility index (Phi) is 2.95. The molecule has 2 aromatic carbocycles. The molecular weight excluding hydrogens is 288 g/mol. The van der Waals surface area contributed by atoms with Crippen molar-refractivity contribution in [1.29, 1.82) is 0 Å². The summed E-state index contributed by atoms with van der Waals surface area (Å²) in [6, 6.07) is 6.50. The Bertz CT molecular complexity index is 878. The molecule has 1 aromatic heterocycles. The summed E-state index contributed by atoms with van der Waals surface area (Å²) < 4.78 is 5.53. The van der Waals surface area contributed by atoms with Crippen molar-refractivity contribution in [3.63, 3.8) is 0 Å². The van der Waals surface area contributed by atoms with Crippen molar-refractivity contribution in [2.24, 2.45) is 0 Å². The second-order valence-electron chi connectivity index (χ2n) is 5.00. The Morgan fingerprint density at radius 1 is 0.773 bits per heavy atom. The van der Waals surface area contributed by atoms with Gasteiger partial charge in [-0.3, -0.25) is 0 Å². The van der Waals surface area contributed by atoms with Gasteiger partial charge in [-0.2, -0.15) is 0 Å². The molecule has 0 fully saturated rings. The van der Waals surface area contributed by atoms with E-state index in [4.69, 9.17) is 4.42 Å². The molecule has 3 aromatic rings. The minimum Gasteiger partial charge on any atom is -0.507 e. The summed E-state index contributed by atoms with van der Waals surface area (Å²) in [6.45, 7) is 1.59. The summed E-state index contributed by atoms with van der Waals surface area (Å²) in [6.07, 6.45) is 0. The zero-order chi connectivity index (χ0) is 16.0. The SMILES string of the molecule is Cc1cc(-c2[o+]c3cc(O)cc(O)c3cc2O)cc(O)c1O. The van der Waals surface area contributed by atoms with Crippen molar-refractivity contribution >= 4 is 11.0 Å². The van der Waals surface area contributed by atoms with Crippen LogP contribution < -0.4 is 0 Å². The number of benzene rings is 2.